The standard InChI is InChI=1S/C22H30N4O/c1-22(2,3)19-8-5-17(6-9-19)18-7-10-21(24-13-18)26(16-27)15-20-14-23-11-12-25(20)4/h5-10,13,16,20,23H,11-12,14-15H2,1-4H3. The highest BCUT2D eigenvalue weighted by atomic mass is 16.1. The number of piperazine rings is 1. The van der Waals surface area contributed by atoms with E-state index in [0.29, 0.717) is 18.4 Å². The lowest BCUT2D eigenvalue weighted by molar-refractivity contribution is -0.107. The van der Waals surface area contributed by atoms with E-state index in [1.54, 1.807) is 4.90 Å². The summed E-state index contributed by atoms with van der Waals surface area (Å²) in [4.78, 5) is 20.1. The van der Waals surface area contributed by atoms with Crippen LogP contribution in [0.3, 0.4) is 0 Å². The van der Waals surface area contributed by atoms with Gasteiger partial charge in [0.2, 0.25) is 6.41 Å². The molecule has 2 heterocycles. The van der Waals surface area contributed by atoms with Gasteiger partial charge in [-0.3, -0.25) is 14.6 Å². The van der Waals surface area contributed by atoms with E-state index in [1.165, 1.54) is 5.56 Å². The van der Waals surface area contributed by atoms with E-state index in [1.807, 2.05) is 18.3 Å². The fraction of sp³-hybridized carbons (Fsp3) is 0.455. The predicted molar refractivity (Wildman–Crippen MR) is 111 cm³/mol. The lowest BCUT2D eigenvalue weighted by Crippen LogP contribution is -2.54. The molecule has 27 heavy (non-hydrogen) atoms. The summed E-state index contributed by atoms with van der Waals surface area (Å²) in [6.45, 7) is 10.2. The topological polar surface area (TPSA) is 48.5 Å². The minimum atomic E-state index is 0.145. The first-order valence-corrected chi connectivity index (χ1v) is 9.58. The van der Waals surface area contributed by atoms with Crippen LogP contribution in [0.15, 0.2) is 42.6 Å². The largest absolute Gasteiger partial charge is 0.314 e. The molecule has 5 nitrogen and oxygen atoms in total. The van der Waals surface area contributed by atoms with Crippen molar-refractivity contribution in [3.63, 3.8) is 0 Å². The summed E-state index contributed by atoms with van der Waals surface area (Å²) in [6.07, 6.45) is 2.73. The number of hydrogen-bond donors (Lipinski definition) is 1. The lowest BCUT2D eigenvalue weighted by atomic mass is 9.86. The Balaban J connectivity index is 1.72. The van der Waals surface area contributed by atoms with Crippen LogP contribution >= 0.6 is 0 Å². The highest BCUT2D eigenvalue weighted by Crippen LogP contribution is 2.26. The molecular formula is C22H30N4O. The maximum Gasteiger partial charge on any atom is 0.215 e. The third-order valence-corrected chi connectivity index (χ3v) is 5.31. The molecule has 0 spiro atoms. The Morgan fingerprint density at radius 1 is 1.19 bits per heavy atom. The number of carbonyl (C=O) groups is 1. The van der Waals surface area contributed by atoms with Gasteiger partial charge >= 0.3 is 0 Å². The number of carbonyl (C=O) groups excluding carboxylic acids is 1. The Bertz CT molecular complexity index is 749. The van der Waals surface area contributed by atoms with E-state index in [0.717, 1.165) is 37.2 Å². The monoisotopic (exact) mass is 366 g/mol. The van der Waals surface area contributed by atoms with Crippen LogP contribution in [0.2, 0.25) is 0 Å². The second-order valence-corrected chi connectivity index (χ2v) is 8.33. The number of amides is 1. The smallest absolute Gasteiger partial charge is 0.215 e. The fourth-order valence-corrected chi connectivity index (χ4v) is 3.37. The molecule has 3 rings (SSSR count). The van der Waals surface area contributed by atoms with Gasteiger partial charge in [0, 0.05) is 44.0 Å². The first-order chi connectivity index (χ1) is 12.9. The van der Waals surface area contributed by atoms with E-state index < -0.39 is 0 Å². The van der Waals surface area contributed by atoms with Crippen molar-refractivity contribution in [1.29, 1.82) is 0 Å². The summed E-state index contributed by atoms with van der Waals surface area (Å²) in [5.74, 6) is 0.694. The van der Waals surface area contributed by atoms with Gasteiger partial charge in [0.1, 0.15) is 5.82 Å². The first-order valence-electron chi connectivity index (χ1n) is 9.58. The van der Waals surface area contributed by atoms with Gasteiger partial charge in [0.25, 0.3) is 0 Å². The second kappa shape index (κ2) is 8.19. The predicted octanol–water partition coefficient (Wildman–Crippen LogP) is 2.91. The van der Waals surface area contributed by atoms with Crippen LogP contribution in [0.25, 0.3) is 11.1 Å². The van der Waals surface area contributed by atoms with Gasteiger partial charge in [-0.15, -0.1) is 0 Å². The summed E-state index contributed by atoms with van der Waals surface area (Å²) in [7, 11) is 2.10. The molecule has 1 aromatic carbocycles. The maximum atomic E-state index is 11.6. The van der Waals surface area contributed by atoms with E-state index in [9.17, 15) is 4.79 Å². The van der Waals surface area contributed by atoms with Gasteiger partial charge in [0.15, 0.2) is 0 Å². The van der Waals surface area contributed by atoms with Gasteiger partial charge in [-0.2, -0.15) is 0 Å². The summed E-state index contributed by atoms with van der Waals surface area (Å²) in [6, 6.07) is 12.9. The molecule has 1 amide bonds. The second-order valence-electron chi connectivity index (χ2n) is 8.33. The first kappa shape index (κ1) is 19.5. The average Bonchev–Trinajstić information content (AvgIpc) is 2.67. The number of rotatable bonds is 5. The molecular weight excluding hydrogens is 336 g/mol. The van der Waals surface area contributed by atoms with Crippen LogP contribution in [0.5, 0.6) is 0 Å². The molecule has 2 aromatic rings. The molecule has 1 aliphatic heterocycles. The molecule has 1 N–H and O–H groups in total. The zero-order valence-corrected chi connectivity index (χ0v) is 16.8. The molecule has 1 atom stereocenters. The van der Waals surface area contributed by atoms with Crippen LogP contribution in [-0.2, 0) is 10.2 Å². The zero-order chi connectivity index (χ0) is 19.4. The number of anilines is 1. The molecule has 0 radical (unpaired) electrons. The Labute approximate surface area is 162 Å². The average molecular weight is 367 g/mol. The Morgan fingerprint density at radius 2 is 1.89 bits per heavy atom. The van der Waals surface area contributed by atoms with Crippen molar-refractivity contribution >= 4 is 12.2 Å². The fourth-order valence-electron chi connectivity index (χ4n) is 3.37. The van der Waals surface area contributed by atoms with E-state index >= 15 is 0 Å². The maximum absolute atomic E-state index is 11.6. The van der Waals surface area contributed by atoms with Crippen molar-refractivity contribution in [2.24, 2.45) is 0 Å². The molecule has 1 fully saturated rings. The third kappa shape index (κ3) is 4.73. The minimum Gasteiger partial charge on any atom is -0.314 e. The molecule has 1 aliphatic rings. The third-order valence-electron chi connectivity index (χ3n) is 5.31. The van der Waals surface area contributed by atoms with Crippen LogP contribution in [-0.4, -0.2) is 55.6 Å². The highest BCUT2D eigenvalue weighted by Gasteiger charge is 2.22. The molecule has 0 aliphatic carbocycles. The van der Waals surface area contributed by atoms with Crippen molar-refractivity contribution in [3.8, 4) is 11.1 Å². The summed E-state index contributed by atoms with van der Waals surface area (Å²) in [5, 5.41) is 3.39. The molecule has 1 saturated heterocycles. The van der Waals surface area contributed by atoms with Gasteiger partial charge in [-0.1, -0.05) is 45.0 Å². The number of nitrogens with one attached hydrogen (secondary N) is 1. The normalized spacial score (nSPS) is 18.3. The quantitative estimate of drug-likeness (QED) is 0.827. The molecule has 1 aromatic heterocycles. The van der Waals surface area contributed by atoms with Crippen LogP contribution in [0.1, 0.15) is 26.3 Å². The minimum absolute atomic E-state index is 0.145. The lowest BCUT2D eigenvalue weighted by Gasteiger charge is -2.35. The van der Waals surface area contributed by atoms with Gasteiger partial charge in [-0.25, -0.2) is 4.98 Å². The van der Waals surface area contributed by atoms with Crippen LogP contribution < -0.4 is 10.2 Å². The molecule has 5 heteroatoms. The molecule has 0 bridgehead atoms. The molecule has 1 unspecified atom stereocenters. The Hall–Kier alpha value is -2.24. The molecule has 144 valence electrons. The van der Waals surface area contributed by atoms with Crippen molar-refractivity contribution in [1.82, 2.24) is 15.2 Å². The van der Waals surface area contributed by atoms with Gasteiger partial charge in [-0.05, 0) is 35.7 Å². The summed E-state index contributed by atoms with van der Waals surface area (Å²) < 4.78 is 0. The number of likely N-dealkylation sites (N-methyl/N-ethyl adjacent to an activating group) is 1. The number of benzene rings is 1. The van der Waals surface area contributed by atoms with Crippen molar-refractivity contribution in [3.05, 3.63) is 48.2 Å². The van der Waals surface area contributed by atoms with E-state index in [4.69, 9.17) is 0 Å². The van der Waals surface area contributed by atoms with Gasteiger partial charge < -0.3 is 5.32 Å². The van der Waals surface area contributed by atoms with E-state index in [-0.39, 0.29) is 5.41 Å². The van der Waals surface area contributed by atoms with Crippen molar-refractivity contribution in [2.45, 2.75) is 32.2 Å². The van der Waals surface area contributed by atoms with Crippen molar-refractivity contribution in [2.75, 3.05) is 38.1 Å². The van der Waals surface area contributed by atoms with Crippen molar-refractivity contribution < 1.29 is 4.79 Å². The Morgan fingerprint density at radius 3 is 2.44 bits per heavy atom. The van der Waals surface area contributed by atoms with Crippen LogP contribution in [0, 0.1) is 0 Å². The zero-order valence-electron chi connectivity index (χ0n) is 16.8. The molecule has 0 saturated carbocycles. The highest BCUT2D eigenvalue weighted by molar-refractivity contribution is 5.74. The number of nitrogens with zero attached hydrogens (tertiary/aromatic N) is 3. The van der Waals surface area contributed by atoms with Gasteiger partial charge in [0.05, 0.1) is 0 Å². The number of aromatic nitrogens is 1. The number of hydrogen-bond acceptors (Lipinski definition) is 4. The van der Waals surface area contributed by atoms with Crippen LogP contribution in [0.4, 0.5) is 5.82 Å². The summed E-state index contributed by atoms with van der Waals surface area (Å²) >= 11 is 0. The Kier molecular flexibility index (Phi) is 5.92. The SMILES string of the molecule is CN1CCNCC1CN(C=O)c1ccc(-c2ccc(C(C)(C)C)cc2)cn1. The van der Waals surface area contributed by atoms with E-state index in [2.05, 4.69) is 67.3 Å². The number of pyridine rings is 1. The summed E-state index contributed by atoms with van der Waals surface area (Å²) in [5.41, 5.74) is 3.65.